The number of pyridine rings is 2. The summed E-state index contributed by atoms with van der Waals surface area (Å²) >= 11 is 6.05. The molecule has 0 spiro atoms. The summed E-state index contributed by atoms with van der Waals surface area (Å²) in [5.41, 5.74) is 10.2. The summed E-state index contributed by atoms with van der Waals surface area (Å²) in [5, 5.41) is 14.4. The van der Waals surface area contributed by atoms with Crippen molar-refractivity contribution in [1.82, 2.24) is 20.3 Å². The van der Waals surface area contributed by atoms with Gasteiger partial charge in [-0.05, 0) is 61.7 Å². The highest BCUT2D eigenvalue weighted by molar-refractivity contribution is 6.31. The van der Waals surface area contributed by atoms with Crippen LogP contribution >= 0.6 is 11.6 Å². The van der Waals surface area contributed by atoms with E-state index in [4.69, 9.17) is 21.8 Å². The molecule has 3 heterocycles. The number of nitrogens with zero attached hydrogens (tertiary/aromatic N) is 3. The molecule has 4 N–H and O–H groups in total. The first-order chi connectivity index (χ1) is 15.7. The van der Waals surface area contributed by atoms with Gasteiger partial charge in [-0.1, -0.05) is 17.7 Å². The van der Waals surface area contributed by atoms with Gasteiger partial charge in [0.1, 0.15) is 11.5 Å². The second-order valence-corrected chi connectivity index (χ2v) is 8.40. The molecule has 0 aliphatic rings. The van der Waals surface area contributed by atoms with Crippen molar-refractivity contribution in [1.29, 1.82) is 0 Å². The minimum atomic E-state index is -0.968. The maximum absolute atomic E-state index is 12.9. The summed E-state index contributed by atoms with van der Waals surface area (Å²) in [7, 11) is 0. The van der Waals surface area contributed by atoms with E-state index in [-0.39, 0.29) is 18.0 Å². The molecule has 0 saturated heterocycles. The third-order valence-corrected chi connectivity index (χ3v) is 5.57. The van der Waals surface area contributed by atoms with Gasteiger partial charge in [0.05, 0.1) is 16.6 Å². The molecule has 3 aromatic heterocycles. The number of halogens is 1. The van der Waals surface area contributed by atoms with E-state index < -0.39 is 12.0 Å². The fourth-order valence-corrected chi connectivity index (χ4v) is 3.91. The van der Waals surface area contributed by atoms with Gasteiger partial charge in [0.25, 0.3) is 5.91 Å². The van der Waals surface area contributed by atoms with E-state index in [2.05, 4.69) is 20.3 Å². The zero-order valence-corrected chi connectivity index (χ0v) is 19.3. The van der Waals surface area contributed by atoms with Crippen LogP contribution in [0.3, 0.4) is 0 Å². The number of nitrogen functional groups attached to an aromatic ring is 1. The monoisotopic (exact) mass is 465 g/mol. The molecule has 1 aromatic carbocycles. The lowest BCUT2D eigenvalue weighted by molar-refractivity contribution is 0.0912. The van der Waals surface area contributed by atoms with E-state index in [0.29, 0.717) is 23.2 Å². The maximum atomic E-state index is 12.9. The van der Waals surface area contributed by atoms with Crippen molar-refractivity contribution >= 4 is 34.2 Å². The Bertz CT molecular complexity index is 1330. The number of carbonyl (C=O) groups is 1. The maximum Gasteiger partial charge on any atom is 0.289 e. The van der Waals surface area contributed by atoms with Gasteiger partial charge < -0.3 is 20.6 Å². The predicted molar refractivity (Wildman–Crippen MR) is 126 cm³/mol. The highest BCUT2D eigenvalue weighted by atomic mass is 35.5. The number of rotatable bonds is 6. The first kappa shape index (κ1) is 22.7. The highest BCUT2D eigenvalue weighted by Gasteiger charge is 2.24. The Hall–Kier alpha value is -3.49. The fourth-order valence-electron chi connectivity index (χ4n) is 3.74. The Morgan fingerprint density at radius 3 is 2.76 bits per heavy atom. The number of hydrogen-bond acceptors (Lipinski definition) is 7. The second-order valence-electron chi connectivity index (χ2n) is 7.97. The van der Waals surface area contributed by atoms with Crippen LogP contribution in [0.4, 0.5) is 5.82 Å². The number of aliphatic hydroxyl groups is 1. The van der Waals surface area contributed by atoms with Gasteiger partial charge in [-0.3, -0.25) is 9.78 Å². The third-order valence-electron chi connectivity index (χ3n) is 5.37. The van der Waals surface area contributed by atoms with Crippen LogP contribution in [0.5, 0.6) is 0 Å². The zero-order chi connectivity index (χ0) is 23.7. The van der Waals surface area contributed by atoms with Crippen molar-refractivity contribution in [3.63, 3.8) is 0 Å². The molecule has 1 unspecified atom stereocenters. The van der Waals surface area contributed by atoms with E-state index in [9.17, 15) is 9.90 Å². The molecule has 33 heavy (non-hydrogen) atoms. The number of fused-ring (bicyclic) bond motifs is 1. The van der Waals surface area contributed by atoms with Gasteiger partial charge in [-0.25, -0.2) is 9.97 Å². The van der Waals surface area contributed by atoms with Gasteiger partial charge in [-0.15, -0.1) is 0 Å². The lowest BCUT2D eigenvalue weighted by Gasteiger charge is -2.11. The van der Waals surface area contributed by atoms with Crippen molar-refractivity contribution in [2.75, 3.05) is 5.73 Å². The Labute approximate surface area is 195 Å². The summed E-state index contributed by atoms with van der Waals surface area (Å²) in [6, 6.07) is 9.33. The van der Waals surface area contributed by atoms with Gasteiger partial charge in [0.15, 0.2) is 5.89 Å². The SMILES string of the molecule is Cc1cc(N)nc(C)c1CNC(=O)c1oc(Cc2ccc3ncc(Cl)cc3c2)nc1C(C)O. The van der Waals surface area contributed by atoms with Crippen LogP contribution in [-0.2, 0) is 13.0 Å². The standard InChI is InChI=1S/C24H24ClN5O3/c1-12-6-20(26)29-13(2)18(12)11-28-24(32)23-22(14(3)31)30-21(33-23)8-15-4-5-19-16(7-15)9-17(25)10-27-19/h4-7,9-10,14,31H,8,11H2,1-3H3,(H2,26,29)(H,28,32). The molecule has 170 valence electrons. The number of anilines is 1. The number of nitrogens with one attached hydrogen (secondary N) is 1. The zero-order valence-electron chi connectivity index (χ0n) is 18.5. The molecule has 0 saturated carbocycles. The number of aromatic nitrogens is 3. The summed E-state index contributed by atoms with van der Waals surface area (Å²) in [6.07, 6.45) is 0.973. The van der Waals surface area contributed by atoms with Crippen molar-refractivity contribution in [2.24, 2.45) is 0 Å². The molecule has 8 nitrogen and oxygen atoms in total. The first-order valence-electron chi connectivity index (χ1n) is 10.4. The van der Waals surface area contributed by atoms with Gasteiger partial charge in [0, 0.05) is 30.2 Å². The van der Waals surface area contributed by atoms with Crippen molar-refractivity contribution in [3.8, 4) is 0 Å². The van der Waals surface area contributed by atoms with E-state index in [1.54, 1.807) is 19.2 Å². The molecule has 0 radical (unpaired) electrons. The predicted octanol–water partition coefficient (Wildman–Crippen LogP) is 4.04. The summed E-state index contributed by atoms with van der Waals surface area (Å²) < 4.78 is 5.79. The van der Waals surface area contributed by atoms with Gasteiger partial charge in [-0.2, -0.15) is 0 Å². The molecule has 4 rings (SSSR count). The van der Waals surface area contributed by atoms with Crippen LogP contribution in [0.25, 0.3) is 10.9 Å². The van der Waals surface area contributed by atoms with Crippen LogP contribution in [0.2, 0.25) is 5.02 Å². The second kappa shape index (κ2) is 9.17. The number of nitrogens with two attached hydrogens (primary N) is 1. The number of carbonyl (C=O) groups excluding carboxylic acids is 1. The van der Waals surface area contributed by atoms with Crippen LogP contribution in [0.15, 0.2) is 40.9 Å². The van der Waals surface area contributed by atoms with E-state index in [1.807, 2.05) is 38.1 Å². The molecule has 0 aliphatic carbocycles. The number of oxazole rings is 1. The third kappa shape index (κ3) is 4.97. The minimum absolute atomic E-state index is 0.00999. The van der Waals surface area contributed by atoms with Crippen LogP contribution in [0.1, 0.15) is 57.6 Å². The van der Waals surface area contributed by atoms with E-state index in [1.165, 1.54) is 0 Å². The van der Waals surface area contributed by atoms with Gasteiger partial charge >= 0.3 is 0 Å². The number of hydrogen-bond donors (Lipinski definition) is 3. The average Bonchev–Trinajstić information content (AvgIpc) is 3.17. The minimum Gasteiger partial charge on any atom is -0.435 e. The quantitative estimate of drug-likeness (QED) is 0.392. The smallest absolute Gasteiger partial charge is 0.289 e. The molecular weight excluding hydrogens is 442 g/mol. The average molecular weight is 466 g/mol. The lowest BCUT2D eigenvalue weighted by Crippen LogP contribution is -2.25. The number of amides is 1. The molecule has 9 heteroatoms. The lowest BCUT2D eigenvalue weighted by atomic mass is 10.1. The van der Waals surface area contributed by atoms with E-state index in [0.717, 1.165) is 33.3 Å². The fraction of sp³-hybridized carbons (Fsp3) is 0.250. The molecule has 0 aliphatic heterocycles. The molecule has 0 fully saturated rings. The Morgan fingerprint density at radius 2 is 2.03 bits per heavy atom. The largest absolute Gasteiger partial charge is 0.435 e. The van der Waals surface area contributed by atoms with Crippen LogP contribution in [-0.4, -0.2) is 26.0 Å². The molecule has 4 aromatic rings. The molecule has 1 atom stereocenters. The van der Waals surface area contributed by atoms with Crippen molar-refractivity contribution in [2.45, 2.75) is 39.8 Å². The Morgan fingerprint density at radius 1 is 1.24 bits per heavy atom. The van der Waals surface area contributed by atoms with Crippen LogP contribution < -0.4 is 11.1 Å². The highest BCUT2D eigenvalue weighted by Crippen LogP contribution is 2.23. The summed E-state index contributed by atoms with van der Waals surface area (Å²) in [6.45, 7) is 5.54. The van der Waals surface area contributed by atoms with Crippen molar-refractivity contribution < 1.29 is 14.3 Å². The number of benzene rings is 1. The van der Waals surface area contributed by atoms with E-state index >= 15 is 0 Å². The topological polar surface area (TPSA) is 127 Å². The summed E-state index contributed by atoms with van der Waals surface area (Å²) in [4.78, 5) is 25.8. The Balaban J connectivity index is 1.56. The normalized spacial score (nSPS) is 12.2. The van der Waals surface area contributed by atoms with Crippen LogP contribution in [0, 0.1) is 13.8 Å². The van der Waals surface area contributed by atoms with Gasteiger partial charge in [0.2, 0.25) is 5.76 Å². The molecular formula is C24H24ClN5O3. The number of aliphatic hydroxyl groups excluding tert-OH is 1. The molecule has 0 bridgehead atoms. The summed E-state index contributed by atoms with van der Waals surface area (Å²) in [5.74, 6) is 0.286. The first-order valence-corrected chi connectivity index (χ1v) is 10.8. The Kier molecular flexibility index (Phi) is 6.31. The number of aryl methyl sites for hydroxylation is 2. The van der Waals surface area contributed by atoms with Crippen molar-refractivity contribution in [3.05, 3.63) is 81.3 Å². The molecule has 1 amide bonds.